The second kappa shape index (κ2) is 2.98. The lowest BCUT2D eigenvalue weighted by Gasteiger charge is -2.14. The molecule has 1 aliphatic heterocycles. The summed E-state index contributed by atoms with van der Waals surface area (Å²) in [6.45, 7) is 1.97. The van der Waals surface area contributed by atoms with Crippen molar-refractivity contribution in [3.63, 3.8) is 0 Å². The molecule has 1 fully saturated rings. The number of hydrogen-bond acceptors (Lipinski definition) is 2. The van der Waals surface area contributed by atoms with Crippen LogP contribution in [-0.4, -0.2) is 25.1 Å². The van der Waals surface area contributed by atoms with Crippen molar-refractivity contribution in [3.05, 3.63) is 0 Å². The molecule has 0 aromatic heterocycles. The van der Waals surface area contributed by atoms with E-state index in [1.807, 2.05) is 6.92 Å². The minimum atomic E-state index is -4.27. The van der Waals surface area contributed by atoms with E-state index in [0.29, 0.717) is 6.42 Å². The van der Waals surface area contributed by atoms with E-state index in [4.69, 9.17) is 0 Å². The van der Waals surface area contributed by atoms with Crippen LogP contribution in [0.5, 0.6) is 0 Å². The zero-order valence-corrected chi connectivity index (χ0v) is 6.11. The van der Waals surface area contributed by atoms with Crippen molar-refractivity contribution in [1.82, 2.24) is 5.32 Å². The second-order valence-electron chi connectivity index (χ2n) is 2.53. The van der Waals surface area contributed by atoms with Gasteiger partial charge in [-0.05, 0) is 6.42 Å². The number of rotatable bonds is 1. The maximum atomic E-state index is 11.9. The van der Waals surface area contributed by atoms with Gasteiger partial charge in [0.25, 0.3) is 0 Å². The van der Waals surface area contributed by atoms with Gasteiger partial charge in [0, 0.05) is 6.04 Å². The lowest BCUT2D eigenvalue weighted by Crippen LogP contribution is -2.41. The highest BCUT2D eigenvalue weighted by Crippen LogP contribution is 2.24. The van der Waals surface area contributed by atoms with E-state index in [-0.39, 0.29) is 12.6 Å². The molecule has 1 aliphatic rings. The van der Waals surface area contributed by atoms with Crippen molar-refractivity contribution in [2.24, 2.45) is 0 Å². The first-order valence-electron chi connectivity index (χ1n) is 3.48. The van der Waals surface area contributed by atoms with Crippen LogP contribution < -0.4 is 5.32 Å². The Morgan fingerprint density at radius 1 is 1.55 bits per heavy atom. The van der Waals surface area contributed by atoms with Crippen molar-refractivity contribution in [3.8, 4) is 0 Å². The van der Waals surface area contributed by atoms with Crippen LogP contribution in [0.3, 0.4) is 0 Å². The lowest BCUT2D eigenvalue weighted by atomic mass is 10.2. The van der Waals surface area contributed by atoms with Crippen LogP contribution in [0.15, 0.2) is 0 Å². The number of halogens is 3. The van der Waals surface area contributed by atoms with Gasteiger partial charge in [0.15, 0.2) is 0 Å². The fourth-order valence-electron chi connectivity index (χ4n) is 0.947. The Labute approximate surface area is 62.7 Å². The molecular weight excluding hydrogens is 159 g/mol. The Hall–Kier alpha value is -0.290. The molecule has 5 heteroatoms. The van der Waals surface area contributed by atoms with Crippen LogP contribution in [0.4, 0.5) is 13.2 Å². The summed E-state index contributed by atoms with van der Waals surface area (Å²) in [7, 11) is 0. The number of ether oxygens (including phenoxy) is 1. The van der Waals surface area contributed by atoms with Crippen LogP contribution in [0.25, 0.3) is 0 Å². The number of nitrogens with one attached hydrogen (secondary N) is 1. The minimum Gasteiger partial charge on any atom is -0.352 e. The fraction of sp³-hybridized carbons (Fsp3) is 1.00. The summed E-state index contributed by atoms with van der Waals surface area (Å²) in [5.74, 6) is 0. The third kappa shape index (κ3) is 2.07. The molecule has 0 aliphatic carbocycles. The molecule has 0 aromatic carbocycles. The van der Waals surface area contributed by atoms with Gasteiger partial charge in [-0.2, -0.15) is 13.2 Å². The highest BCUT2D eigenvalue weighted by atomic mass is 19.4. The fourth-order valence-corrected chi connectivity index (χ4v) is 0.947. The molecule has 1 unspecified atom stereocenters. The predicted molar refractivity (Wildman–Crippen MR) is 33.0 cm³/mol. The molecule has 1 saturated heterocycles. The van der Waals surface area contributed by atoms with E-state index in [2.05, 4.69) is 10.1 Å². The number of hydrogen-bond donors (Lipinski definition) is 1. The molecule has 0 amide bonds. The van der Waals surface area contributed by atoms with Gasteiger partial charge in [-0.1, -0.05) is 6.92 Å². The van der Waals surface area contributed by atoms with Crippen LogP contribution in [-0.2, 0) is 4.74 Å². The molecule has 0 spiro atoms. The normalized spacial score (nSPS) is 32.7. The first kappa shape index (κ1) is 8.80. The minimum absolute atomic E-state index is 0.151. The van der Waals surface area contributed by atoms with E-state index in [1.54, 1.807) is 0 Å². The molecule has 0 bridgehead atoms. The Kier molecular flexibility index (Phi) is 2.39. The highest BCUT2D eigenvalue weighted by molar-refractivity contribution is 4.78. The molecule has 1 rings (SSSR count). The summed E-state index contributed by atoms with van der Waals surface area (Å²) in [6.07, 6.45) is -5.37. The van der Waals surface area contributed by atoms with Crippen LogP contribution >= 0.6 is 0 Å². The summed E-state index contributed by atoms with van der Waals surface area (Å²) in [5.41, 5.74) is 0. The Balaban J connectivity index is 2.42. The highest BCUT2D eigenvalue weighted by Gasteiger charge is 2.44. The van der Waals surface area contributed by atoms with Gasteiger partial charge in [-0.3, -0.25) is 5.32 Å². The molecular formula is C6H10F3NO. The van der Waals surface area contributed by atoms with Gasteiger partial charge >= 0.3 is 6.18 Å². The molecule has 66 valence electrons. The average molecular weight is 169 g/mol. The van der Waals surface area contributed by atoms with Gasteiger partial charge in [-0.15, -0.1) is 0 Å². The smallest absolute Gasteiger partial charge is 0.352 e. The first-order chi connectivity index (χ1) is 5.04. The maximum absolute atomic E-state index is 11.9. The van der Waals surface area contributed by atoms with Gasteiger partial charge in [0.1, 0.15) is 0 Å². The third-order valence-electron chi connectivity index (χ3n) is 1.64. The summed E-state index contributed by atoms with van der Waals surface area (Å²) in [6, 6.07) is -0.151. The van der Waals surface area contributed by atoms with E-state index in [0.717, 1.165) is 0 Å². The summed E-state index contributed by atoms with van der Waals surface area (Å²) >= 11 is 0. The summed E-state index contributed by atoms with van der Waals surface area (Å²) in [5, 5.41) is 2.33. The van der Waals surface area contributed by atoms with E-state index >= 15 is 0 Å². The second-order valence-corrected chi connectivity index (χ2v) is 2.53. The molecule has 1 heterocycles. The van der Waals surface area contributed by atoms with Crippen molar-refractivity contribution in [2.45, 2.75) is 31.8 Å². The van der Waals surface area contributed by atoms with Crippen LogP contribution in [0.1, 0.15) is 13.3 Å². The van der Waals surface area contributed by atoms with Gasteiger partial charge in [0.2, 0.25) is 6.23 Å². The molecule has 1 N–H and O–H groups in total. The van der Waals surface area contributed by atoms with Crippen molar-refractivity contribution in [1.29, 1.82) is 0 Å². The third-order valence-corrected chi connectivity index (χ3v) is 1.64. The van der Waals surface area contributed by atoms with Crippen LogP contribution in [0, 0.1) is 0 Å². The SMILES string of the molecule is CC[C@H]1COC(C(F)(F)F)N1. The van der Waals surface area contributed by atoms with Crippen LogP contribution in [0.2, 0.25) is 0 Å². The van der Waals surface area contributed by atoms with Gasteiger partial charge in [-0.25, -0.2) is 0 Å². The predicted octanol–water partition coefficient (Wildman–Crippen LogP) is 1.27. The average Bonchev–Trinajstić information content (AvgIpc) is 2.32. The van der Waals surface area contributed by atoms with E-state index in [1.165, 1.54) is 0 Å². The standard InChI is InChI=1S/C6H10F3NO/c1-2-4-3-11-5(10-4)6(7,8)9/h4-5,10H,2-3H2,1H3/t4-,5?/m0/s1. The summed E-state index contributed by atoms with van der Waals surface area (Å²) in [4.78, 5) is 0. The first-order valence-corrected chi connectivity index (χ1v) is 3.48. The largest absolute Gasteiger partial charge is 0.428 e. The van der Waals surface area contributed by atoms with E-state index < -0.39 is 12.4 Å². The zero-order chi connectivity index (χ0) is 8.48. The Bertz CT molecular complexity index is 136. The number of alkyl halides is 3. The molecule has 2 atom stereocenters. The topological polar surface area (TPSA) is 21.3 Å². The van der Waals surface area contributed by atoms with Gasteiger partial charge < -0.3 is 4.74 Å². The quantitative estimate of drug-likeness (QED) is 0.638. The van der Waals surface area contributed by atoms with Gasteiger partial charge in [0.05, 0.1) is 6.61 Å². The Morgan fingerprint density at radius 3 is 2.45 bits per heavy atom. The maximum Gasteiger partial charge on any atom is 0.428 e. The molecule has 0 saturated carbocycles. The van der Waals surface area contributed by atoms with Crippen molar-refractivity contribution in [2.75, 3.05) is 6.61 Å². The molecule has 0 aromatic rings. The van der Waals surface area contributed by atoms with Crippen molar-refractivity contribution >= 4 is 0 Å². The monoisotopic (exact) mass is 169 g/mol. The molecule has 0 radical (unpaired) electrons. The molecule has 2 nitrogen and oxygen atoms in total. The Morgan fingerprint density at radius 2 is 2.18 bits per heavy atom. The zero-order valence-electron chi connectivity index (χ0n) is 6.11. The lowest BCUT2D eigenvalue weighted by molar-refractivity contribution is -0.212. The van der Waals surface area contributed by atoms with Crippen molar-refractivity contribution < 1.29 is 17.9 Å². The molecule has 11 heavy (non-hydrogen) atoms. The van der Waals surface area contributed by atoms with E-state index in [9.17, 15) is 13.2 Å². The summed E-state index contributed by atoms with van der Waals surface area (Å²) < 4.78 is 40.1.